The molecule has 2 aliphatic rings. The zero-order valence-electron chi connectivity index (χ0n) is 16.1. The minimum atomic E-state index is -0.107. The van der Waals surface area contributed by atoms with Gasteiger partial charge >= 0.3 is 0 Å². The van der Waals surface area contributed by atoms with Gasteiger partial charge in [-0.1, -0.05) is 30.3 Å². The minimum Gasteiger partial charge on any atom is -0.362 e. The van der Waals surface area contributed by atoms with Crippen LogP contribution < -0.4 is 10.6 Å². The highest BCUT2D eigenvalue weighted by Gasteiger charge is 2.31. The van der Waals surface area contributed by atoms with Crippen LogP contribution in [0, 0.1) is 0 Å². The Morgan fingerprint density at radius 2 is 2.03 bits per heavy atom. The lowest BCUT2D eigenvalue weighted by Crippen LogP contribution is -2.34. The number of rotatable bonds is 7. The second kappa shape index (κ2) is 7.62. The maximum absolute atomic E-state index is 12.3. The van der Waals surface area contributed by atoms with Gasteiger partial charge in [-0.25, -0.2) is 9.97 Å². The number of anilines is 1. The second-order valence-electron chi connectivity index (χ2n) is 7.57. The Labute approximate surface area is 168 Å². The van der Waals surface area contributed by atoms with Crippen molar-refractivity contribution in [3.05, 3.63) is 65.1 Å². The molecule has 2 aromatic heterocycles. The van der Waals surface area contributed by atoms with E-state index in [1.807, 2.05) is 6.07 Å². The summed E-state index contributed by atoms with van der Waals surface area (Å²) in [6.07, 6.45) is 5.59. The smallest absolute Gasteiger partial charge is 0.270 e. The first kappa shape index (κ1) is 17.8. The molecule has 1 fully saturated rings. The third kappa shape index (κ3) is 3.83. The van der Waals surface area contributed by atoms with Crippen molar-refractivity contribution in [1.29, 1.82) is 0 Å². The quantitative estimate of drug-likeness (QED) is 0.642. The highest BCUT2D eigenvalue weighted by Crippen LogP contribution is 2.39. The van der Waals surface area contributed by atoms with Crippen molar-refractivity contribution in [3.63, 3.8) is 0 Å². The topological polar surface area (TPSA) is 97.6 Å². The van der Waals surface area contributed by atoms with Gasteiger partial charge < -0.3 is 15.2 Å². The zero-order chi connectivity index (χ0) is 19.6. The molecule has 0 spiro atoms. The van der Waals surface area contributed by atoms with Gasteiger partial charge in [0.2, 0.25) is 0 Å². The van der Waals surface area contributed by atoms with E-state index >= 15 is 0 Å². The van der Waals surface area contributed by atoms with Crippen LogP contribution in [0.4, 0.5) is 5.82 Å². The van der Waals surface area contributed by atoms with E-state index in [-0.39, 0.29) is 5.91 Å². The molecule has 29 heavy (non-hydrogen) atoms. The minimum absolute atomic E-state index is 0.107. The van der Waals surface area contributed by atoms with Gasteiger partial charge in [0.05, 0.1) is 6.54 Å². The van der Waals surface area contributed by atoms with E-state index in [1.165, 1.54) is 5.56 Å². The largest absolute Gasteiger partial charge is 0.362 e. The van der Waals surface area contributed by atoms with Crippen molar-refractivity contribution in [1.82, 2.24) is 30.0 Å². The predicted molar refractivity (Wildman–Crippen MR) is 108 cm³/mol. The molecule has 0 unspecified atom stereocenters. The summed E-state index contributed by atoms with van der Waals surface area (Å²) in [5.41, 5.74) is 2.69. The lowest BCUT2D eigenvalue weighted by molar-refractivity contribution is 0.0940. The van der Waals surface area contributed by atoms with Crippen LogP contribution in [-0.2, 0) is 25.9 Å². The first-order valence-electron chi connectivity index (χ1n) is 10.1. The number of hydrogen-bond donors (Lipinski definition) is 2. The fourth-order valence-electron chi connectivity index (χ4n) is 3.64. The third-order valence-electron chi connectivity index (χ3n) is 5.44. The molecule has 148 valence electrons. The van der Waals surface area contributed by atoms with E-state index < -0.39 is 0 Å². The maximum Gasteiger partial charge on any atom is 0.270 e. The first-order chi connectivity index (χ1) is 14.3. The van der Waals surface area contributed by atoms with Crippen LogP contribution in [-0.4, -0.2) is 37.2 Å². The molecule has 8 heteroatoms. The van der Waals surface area contributed by atoms with Gasteiger partial charge in [-0.2, -0.15) is 0 Å². The molecule has 3 aromatic rings. The summed E-state index contributed by atoms with van der Waals surface area (Å²) in [5, 5.41) is 14.6. The number of carbonyl (C=O) groups excluding carboxylic acids is 1. The van der Waals surface area contributed by atoms with Crippen LogP contribution in [0.15, 0.2) is 36.7 Å². The Kier molecular flexibility index (Phi) is 4.67. The van der Waals surface area contributed by atoms with Crippen molar-refractivity contribution < 1.29 is 4.79 Å². The van der Waals surface area contributed by atoms with Crippen LogP contribution in [0.1, 0.15) is 52.0 Å². The molecule has 1 saturated carbocycles. The van der Waals surface area contributed by atoms with Crippen LogP contribution >= 0.6 is 0 Å². The van der Waals surface area contributed by atoms with Gasteiger partial charge in [-0.05, 0) is 31.2 Å². The summed E-state index contributed by atoms with van der Waals surface area (Å²) in [6, 6.07) is 10.4. The number of fused-ring (bicyclic) bond motifs is 1. The Morgan fingerprint density at radius 3 is 2.86 bits per heavy atom. The van der Waals surface area contributed by atoms with E-state index in [9.17, 15) is 4.79 Å². The van der Waals surface area contributed by atoms with E-state index in [0.29, 0.717) is 24.7 Å². The lowest BCUT2D eigenvalue weighted by atomic mass is 10.1. The average molecular weight is 389 g/mol. The molecule has 1 amide bonds. The number of aromatic nitrogens is 5. The summed E-state index contributed by atoms with van der Waals surface area (Å²) < 4.78 is 2.06. The molecule has 1 aromatic carbocycles. The number of nitrogens with one attached hydrogen (secondary N) is 2. The first-order valence-corrected chi connectivity index (χ1v) is 10.1. The summed E-state index contributed by atoms with van der Waals surface area (Å²) in [5.74, 6) is 2.65. The summed E-state index contributed by atoms with van der Waals surface area (Å²) in [4.78, 5) is 21.6. The molecule has 5 rings (SSSR count). The van der Waals surface area contributed by atoms with E-state index in [2.05, 4.69) is 54.6 Å². The molecule has 0 saturated heterocycles. The molecule has 3 heterocycles. The van der Waals surface area contributed by atoms with Crippen molar-refractivity contribution in [3.8, 4) is 0 Å². The van der Waals surface area contributed by atoms with Gasteiger partial charge in [0.15, 0.2) is 5.82 Å². The van der Waals surface area contributed by atoms with Crippen molar-refractivity contribution >= 4 is 11.7 Å². The van der Waals surface area contributed by atoms with E-state index in [0.717, 1.165) is 55.3 Å². The summed E-state index contributed by atoms with van der Waals surface area (Å²) in [7, 11) is 0. The van der Waals surface area contributed by atoms with Crippen molar-refractivity contribution in [2.24, 2.45) is 0 Å². The van der Waals surface area contributed by atoms with Crippen molar-refractivity contribution in [2.45, 2.75) is 44.7 Å². The van der Waals surface area contributed by atoms with Crippen LogP contribution in [0.25, 0.3) is 0 Å². The number of nitrogens with zero attached hydrogens (tertiary/aromatic N) is 5. The Bertz CT molecular complexity index is 1030. The molecule has 1 aliphatic heterocycles. The number of benzene rings is 1. The number of amides is 1. The molecule has 8 nitrogen and oxygen atoms in total. The fraction of sp³-hybridized carbons (Fsp3) is 0.381. The normalized spacial score (nSPS) is 15.7. The Balaban J connectivity index is 1.33. The zero-order valence-corrected chi connectivity index (χ0v) is 16.1. The number of hydrogen-bond acceptors (Lipinski definition) is 6. The van der Waals surface area contributed by atoms with E-state index in [4.69, 9.17) is 4.98 Å². The number of carbonyl (C=O) groups is 1. The molecule has 0 radical (unpaired) electrons. The SMILES string of the molecule is O=C1NCCc2c(NCc3nncn3CCc3ccccc3)nc(C3CC3)nc21. The predicted octanol–water partition coefficient (Wildman–Crippen LogP) is 2.09. The lowest BCUT2D eigenvalue weighted by Gasteiger charge is -2.20. The molecular formula is C21H23N7O. The van der Waals surface area contributed by atoms with Gasteiger partial charge in [0, 0.05) is 24.6 Å². The van der Waals surface area contributed by atoms with Gasteiger partial charge in [-0.3, -0.25) is 4.79 Å². The second-order valence-corrected chi connectivity index (χ2v) is 7.57. The number of aryl methyl sites for hydroxylation is 2. The van der Waals surface area contributed by atoms with Crippen LogP contribution in [0.2, 0.25) is 0 Å². The highest BCUT2D eigenvalue weighted by atomic mass is 16.1. The molecule has 0 atom stereocenters. The average Bonchev–Trinajstić information content (AvgIpc) is 3.51. The fourth-order valence-corrected chi connectivity index (χ4v) is 3.64. The molecule has 2 N–H and O–H groups in total. The van der Waals surface area contributed by atoms with Crippen molar-refractivity contribution in [2.75, 3.05) is 11.9 Å². The van der Waals surface area contributed by atoms with Gasteiger partial charge in [0.1, 0.15) is 23.7 Å². The van der Waals surface area contributed by atoms with Crippen LogP contribution in [0.3, 0.4) is 0 Å². The molecule has 0 bridgehead atoms. The standard InChI is InChI=1S/C21H23N7O/c29-21-18-16(8-10-22-21)20(26-19(25-18)15-6-7-15)23-12-17-27-24-13-28(17)11-9-14-4-2-1-3-5-14/h1-5,13,15H,6-12H2,(H,22,29)(H,23,25,26). The third-order valence-corrected chi connectivity index (χ3v) is 5.44. The monoisotopic (exact) mass is 389 g/mol. The highest BCUT2D eigenvalue weighted by molar-refractivity contribution is 5.96. The molecule has 1 aliphatic carbocycles. The van der Waals surface area contributed by atoms with Gasteiger partial charge in [-0.15, -0.1) is 10.2 Å². The Morgan fingerprint density at radius 1 is 1.17 bits per heavy atom. The van der Waals surface area contributed by atoms with Crippen LogP contribution in [0.5, 0.6) is 0 Å². The maximum atomic E-state index is 12.3. The van der Waals surface area contributed by atoms with E-state index in [1.54, 1.807) is 6.33 Å². The van der Waals surface area contributed by atoms with Gasteiger partial charge in [0.25, 0.3) is 5.91 Å². The Hall–Kier alpha value is -3.29. The summed E-state index contributed by atoms with van der Waals surface area (Å²) in [6.45, 7) is 1.93. The summed E-state index contributed by atoms with van der Waals surface area (Å²) >= 11 is 0. The molecular weight excluding hydrogens is 366 g/mol.